The van der Waals surface area contributed by atoms with Crippen molar-refractivity contribution in [1.29, 1.82) is 0 Å². The highest BCUT2D eigenvalue weighted by Crippen LogP contribution is 2.28. The molecule has 2 heterocycles. The minimum atomic E-state index is -1.22. The fourth-order valence-corrected chi connectivity index (χ4v) is 4.06. The number of fused-ring (bicyclic) bond motifs is 2. The maximum atomic E-state index is 14.7. The molecule has 1 atom stereocenters. The Balaban J connectivity index is 1.57. The number of nitrogens with zero attached hydrogens (tertiary/aromatic N) is 2. The van der Waals surface area contributed by atoms with Crippen molar-refractivity contribution in [2.45, 2.75) is 13.1 Å². The van der Waals surface area contributed by atoms with Crippen molar-refractivity contribution in [3.8, 4) is 0 Å². The van der Waals surface area contributed by atoms with E-state index in [1.54, 1.807) is 55.6 Å². The summed E-state index contributed by atoms with van der Waals surface area (Å²) in [7, 11) is 1.62. The van der Waals surface area contributed by atoms with Crippen LogP contribution < -0.4 is 10.2 Å². The summed E-state index contributed by atoms with van der Waals surface area (Å²) in [6, 6.07) is 21.0. The van der Waals surface area contributed by atoms with Crippen LogP contribution in [-0.4, -0.2) is 35.7 Å². The Morgan fingerprint density at radius 3 is 2.55 bits per heavy atom. The third-order valence-corrected chi connectivity index (χ3v) is 5.76. The molecule has 0 fully saturated rings. The van der Waals surface area contributed by atoms with Crippen LogP contribution in [0.15, 0.2) is 77.8 Å². The molecule has 33 heavy (non-hydrogen) atoms. The van der Waals surface area contributed by atoms with Gasteiger partial charge in [0.2, 0.25) is 6.17 Å². The van der Waals surface area contributed by atoms with Crippen LogP contribution in [-0.2, 0) is 4.79 Å². The summed E-state index contributed by atoms with van der Waals surface area (Å²) < 4.78 is 14.7. The summed E-state index contributed by atoms with van der Waals surface area (Å²) in [5.74, 6) is -1.36. The average Bonchev–Trinajstić information content (AvgIpc) is 3.21. The molecule has 0 spiro atoms. The molecular formula is C26H21FN4O2. The molecule has 2 amide bonds. The number of benzodiazepines with no additional fused rings is 1. The van der Waals surface area contributed by atoms with Gasteiger partial charge in [-0.05, 0) is 43.3 Å². The molecule has 1 aliphatic heterocycles. The summed E-state index contributed by atoms with van der Waals surface area (Å²) >= 11 is 0. The number of aliphatic imine (C=N–C) groups is 1. The van der Waals surface area contributed by atoms with Crippen molar-refractivity contribution in [2.24, 2.45) is 4.99 Å². The molecule has 164 valence electrons. The summed E-state index contributed by atoms with van der Waals surface area (Å²) in [5, 5.41) is 3.61. The van der Waals surface area contributed by atoms with E-state index in [2.05, 4.69) is 15.3 Å². The van der Waals surface area contributed by atoms with Crippen molar-refractivity contribution < 1.29 is 14.0 Å². The molecular weight excluding hydrogens is 419 g/mol. The van der Waals surface area contributed by atoms with Gasteiger partial charge in [-0.3, -0.25) is 9.59 Å². The van der Waals surface area contributed by atoms with Gasteiger partial charge in [0.15, 0.2) is 0 Å². The molecule has 5 rings (SSSR count). The first-order chi connectivity index (χ1) is 15.9. The van der Waals surface area contributed by atoms with Gasteiger partial charge in [-0.15, -0.1) is 0 Å². The maximum absolute atomic E-state index is 14.7. The van der Waals surface area contributed by atoms with Gasteiger partial charge in [-0.25, -0.2) is 9.38 Å². The highest BCUT2D eigenvalue weighted by Gasteiger charge is 2.32. The Morgan fingerprint density at radius 1 is 1.03 bits per heavy atom. The van der Waals surface area contributed by atoms with Crippen LogP contribution in [0.1, 0.15) is 27.2 Å². The topological polar surface area (TPSA) is 77.6 Å². The number of likely N-dealkylation sites (N-methyl/N-ethyl adjacent to an activating group) is 1. The van der Waals surface area contributed by atoms with Gasteiger partial charge in [-0.1, -0.05) is 42.0 Å². The lowest BCUT2D eigenvalue weighted by atomic mass is 10.00. The van der Waals surface area contributed by atoms with E-state index >= 15 is 0 Å². The van der Waals surface area contributed by atoms with Crippen LogP contribution in [0.5, 0.6) is 0 Å². The van der Waals surface area contributed by atoms with Crippen molar-refractivity contribution in [2.75, 3.05) is 11.9 Å². The number of aromatic nitrogens is 1. The van der Waals surface area contributed by atoms with E-state index in [4.69, 9.17) is 0 Å². The molecule has 1 aliphatic rings. The molecule has 0 radical (unpaired) electrons. The average molecular weight is 440 g/mol. The molecule has 4 aromatic rings. The first kappa shape index (κ1) is 20.6. The lowest BCUT2D eigenvalue weighted by Crippen LogP contribution is -2.46. The van der Waals surface area contributed by atoms with Crippen LogP contribution in [0.4, 0.5) is 10.1 Å². The monoisotopic (exact) mass is 440 g/mol. The summed E-state index contributed by atoms with van der Waals surface area (Å²) in [4.78, 5) is 35.4. The fourth-order valence-electron chi connectivity index (χ4n) is 4.06. The number of rotatable bonds is 3. The third-order valence-electron chi connectivity index (χ3n) is 5.76. The number of carbonyl (C=O) groups excluding carboxylic acids is 2. The summed E-state index contributed by atoms with van der Waals surface area (Å²) in [5.41, 5.74) is 3.96. The van der Waals surface area contributed by atoms with Gasteiger partial charge in [0, 0.05) is 29.1 Å². The second-order valence-corrected chi connectivity index (χ2v) is 8.02. The first-order valence-electron chi connectivity index (χ1n) is 10.5. The van der Waals surface area contributed by atoms with Gasteiger partial charge in [0.05, 0.1) is 11.4 Å². The largest absolute Gasteiger partial charge is 0.351 e. The Labute approximate surface area is 189 Å². The molecule has 1 unspecified atom stereocenters. The molecule has 2 N–H and O–H groups in total. The number of para-hydroxylation sites is 1. The Bertz CT molecular complexity index is 1440. The van der Waals surface area contributed by atoms with Crippen LogP contribution in [0, 0.1) is 12.7 Å². The Kier molecular flexibility index (Phi) is 5.01. The third kappa shape index (κ3) is 3.67. The van der Waals surface area contributed by atoms with Crippen LogP contribution in [0.25, 0.3) is 10.9 Å². The zero-order valence-corrected chi connectivity index (χ0v) is 18.1. The number of hydrogen-bond donors (Lipinski definition) is 2. The first-order valence-corrected chi connectivity index (χ1v) is 10.5. The maximum Gasteiger partial charge on any atom is 0.272 e. The minimum absolute atomic E-state index is 0.258. The molecule has 0 aliphatic carbocycles. The quantitative estimate of drug-likeness (QED) is 0.501. The van der Waals surface area contributed by atoms with E-state index in [1.165, 1.54) is 11.0 Å². The molecule has 0 bridgehead atoms. The number of aryl methyl sites for hydroxylation is 1. The highest BCUT2D eigenvalue weighted by atomic mass is 19.1. The van der Waals surface area contributed by atoms with Gasteiger partial charge >= 0.3 is 0 Å². The fraction of sp³-hybridized carbons (Fsp3) is 0.115. The SMILES string of the molecule is Cc1ccc2[nH]c(C(=O)NC3N=C(c4ccccc4F)c4ccccc4N(C)C3=O)cc2c1. The van der Waals surface area contributed by atoms with Gasteiger partial charge in [-0.2, -0.15) is 0 Å². The van der Waals surface area contributed by atoms with Gasteiger partial charge in [0.25, 0.3) is 11.8 Å². The molecule has 1 aromatic heterocycles. The Hall–Kier alpha value is -4.26. The second-order valence-electron chi connectivity index (χ2n) is 8.02. The van der Waals surface area contributed by atoms with E-state index in [0.29, 0.717) is 22.7 Å². The van der Waals surface area contributed by atoms with Crippen LogP contribution in [0.3, 0.4) is 0 Å². The molecule has 7 heteroatoms. The van der Waals surface area contributed by atoms with E-state index in [9.17, 15) is 14.0 Å². The van der Waals surface area contributed by atoms with Crippen molar-refractivity contribution >= 4 is 34.1 Å². The number of benzene rings is 3. The van der Waals surface area contributed by atoms with Crippen molar-refractivity contribution in [3.63, 3.8) is 0 Å². The number of nitrogens with one attached hydrogen (secondary N) is 2. The number of halogens is 1. The van der Waals surface area contributed by atoms with Gasteiger partial charge in [0.1, 0.15) is 11.5 Å². The minimum Gasteiger partial charge on any atom is -0.351 e. The summed E-state index contributed by atoms with van der Waals surface area (Å²) in [6.45, 7) is 1.98. The molecule has 0 saturated heterocycles. The number of anilines is 1. The van der Waals surface area contributed by atoms with Crippen LogP contribution in [0.2, 0.25) is 0 Å². The number of aromatic amines is 1. The normalized spacial score (nSPS) is 15.7. The highest BCUT2D eigenvalue weighted by molar-refractivity contribution is 6.20. The van der Waals surface area contributed by atoms with E-state index in [-0.39, 0.29) is 5.56 Å². The second kappa shape index (κ2) is 8.02. The van der Waals surface area contributed by atoms with E-state index in [0.717, 1.165) is 16.5 Å². The lowest BCUT2D eigenvalue weighted by Gasteiger charge is -2.20. The zero-order valence-electron chi connectivity index (χ0n) is 18.1. The number of amides is 2. The van der Waals surface area contributed by atoms with Crippen LogP contribution >= 0.6 is 0 Å². The van der Waals surface area contributed by atoms with Gasteiger partial charge < -0.3 is 15.2 Å². The number of hydrogen-bond acceptors (Lipinski definition) is 3. The Morgan fingerprint density at radius 2 is 1.76 bits per heavy atom. The predicted molar refractivity (Wildman–Crippen MR) is 126 cm³/mol. The molecule has 6 nitrogen and oxygen atoms in total. The zero-order chi connectivity index (χ0) is 23.1. The summed E-state index contributed by atoms with van der Waals surface area (Å²) in [6.07, 6.45) is -1.22. The molecule has 0 saturated carbocycles. The number of H-pyrrole nitrogens is 1. The van der Waals surface area contributed by atoms with Crippen molar-refractivity contribution in [3.05, 3.63) is 101 Å². The van der Waals surface area contributed by atoms with E-state index < -0.39 is 23.8 Å². The predicted octanol–water partition coefficient (Wildman–Crippen LogP) is 4.19. The number of carbonyl (C=O) groups is 2. The van der Waals surface area contributed by atoms with Crippen molar-refractivity contribution in [1.82, 2.24) is 10.3 Å². The smallest absolute Gasteiger partial charge is 0.272 e. The standard InChI is InChI=1S/C26H21FN4O2/c1-15-11-12-20-16(13-15)14-21(28-20)25(32)30-24-26(33)31(2)22-10-6-4-8-18(22)23(29-24)17-7-3-5-9-19(17)27/h3-14,24,28H,1-2H3,(H,30,32). The van der Waals surface area contributed by atoms with E-state index in [1.807, 2.05) is 25.1 Å². The lowest BCUT2D eigenvalue weighted by molar-refractivity contribution is -0.119. The molecule has 3 aromatic carbocycles.